The molecule has 0 bridgehead atoms. The highest BCUT2D eigenvalue weighted by Crippen LogP contribution is 2.29. The van der Waals surface area contributed by atoms with E-state index in [2.05, 4.69) is 0 Å². The number of Topliss-reactive ketones (excluding diaryl/α,β-unsaturated/α-hetero) is 1. The predicted octanol–water partition coefficient (Wildman–Crippen LogP) is 1.66. The van der Waals surface area contributed by atoms with E-state index >= 15 is 0 Å². The summed E-state index contributed by atoms with van der Waals surface area (Å²) in [5.41, 5.74) is -0.306. The van der Waals surface area contributed by atoms with Crippen molar-refractivity contribution < 1.29 is 27.9 Å². The van der Waals surface area contributed by atoms with E-state index in [0.717, 1.165) is 29.9 Å². The number of carboxylic acid groups (broad SMARTS) is 1. The zero-order chi connectivity index (χ0) is 19.6. The van der Waals surface area contributed by atoms with E-state index in [4.69, 9.17) is 21.8 Å². The van der Waals surface area contributed by atoms with Gasteiger partial charge in [-0.3, -0.25) is 14.4 Å². The van der Waals surface area contributed by atoms with Gasteiger partial charge in [-0.15, -0.1) is 0 Å². The van der Waals surface area contributed by atoms with E-state index in [1.165, 1.54) is 6.92 Å². The minimum absolute atomic E-state index is 0.0826. The monoisotopic (exact) mass is 402 g/mol. The van der Waals surface area contributed by atoms with Crippen LogP contribution in [-0.2, 0) is 14.8 Å². The normalized spacial score (nSPS) is 15.0. The Hall–Kier alpha value is -1.97. The number of amides is 1. The van der Waals surface area contributed by atoms with Gasteiger partial charge in [-0.1, -0.05) is 24.4 Å². The fourth-order valence-electron chi connectivity index (χ4n) is 3.12. The van der Waals surface area contributed by atoms with Crippen LogP contribution in [0, 0.1) is 0 Å². The van der Waals surface area contributed by atoms with Gasteiger partial charge in [-0.2, -0.15) is 0 Å². The van der Waals surface area contributed by atoms with Crippen LogP contribution in [-0.4, -0.2) is 48.7 Å². The number of ketones is 1. The van der Waals surface area contributed by atoms with Crippen molar-refractivity contribution in [3.05, 3.63) is 28.3 Å². The summed E-state index contributed by atoms with van der Waals surface area (Å²) >= 11 is 5.90. The maximum absolute atomic E-state index is 13.0. The lowest BCUT2D eigenvalue weighted by Crippen LogP contribution is -2.42. The molecule has 2 rings (SSSR count). The Balaban J connectivity index is 2.60. The van der Waals surface area contributed by atoms with Crippen LogP contribution in [0.3, 0.4) is 0 Å². The van der Waals surface area contributed by atoms with Gasteiger partial charge >= 0.3 is 5.97 Å². The van der Waals surface area contributed by atoms with Crippen molar-refractivity contribution in [3.8, 4) is 0 Å². The summed E-state index contributed by atoms with van der Waals surface area (Å²) in [5.74, 6) is -2.43. The number of carbonyl (C=O) groups excluding carboxylic acids is 2. The molecule has 1 aromatic carbocycles. The zero-order valence-electron chi connectivity index (χ0n) is 14.1. The molecule has 1 aliphatic carbocycles. The quantitative estimate of drug-likeness (QED) is 0.694. The summed E-state index contributed by atoms with van der Waals surface area (Å²) in [6, 6.07) is 1.73. The molecule has 1 fully saturated rings. The fourth-order valence-corrected chi connectivity index (χ4v) is 4.22. The van der Waals surface area contributed by atoms with Crippen molar-refractivity contribution in [2.24, 2.45) is 5.14 Å². The van der Waals surface area contributed by atoms with Gasteiger partial charge in [0, 0.05) is 11.6 Å². The predicted molar refractivity (Wildman–Crippen MR) is 93.8 cm³/mol. The second-order valence-corrected chi connectivity index (χ2v) is 8.13. The molecule has 1 aliphatic rings. The van der Waals surface area contributed by atoms with E-state index in [1.54, 1.807) is 0 Å². The van der Waals surface area contributed by atoms with Crippen LogP contribution in [0.1, 0.15) is 53.3 Å². The molecule has 8 nitrogen and oxygen atoms in total. The first kappa shape index (κ1) is 20.3. The van der Waals surface area contributed by atoms with Crippen LogP contribution >= 0.6 is 11.6 Å². The van der Waals surface area contributed by atoms with Crippen molar-refractivity contribution in [2.75, 3.05) is 6.54 Å². The highest BCUT2D eigenvalue weighted by atomic mass is 35.5. The number of carbonyl (C=O) groups is 3. The van der Waals surface area contributed by atoms with Gasteiger partial charge in [0.25, 0.3) is 5.91 Å². The summed E-state index contributed by atoms with van der Waals surface area (Å²) in [5, 5.41) is 14.0. The molecular weight excluding hydrogens is 384 g/mol. The minimum Gasteiger partial charge on any atom is -0.480 e. The molecule has 10 heteroatoms. The van der Waals surface area contributed by atoms with Crippen LogP contribution in [0.4, 0.5) is 0 Å². The van der Waals surface area contributed by atoms with Crippen molar-refractivity contribution in [3.63, 3.8) is 0 Å². The van der Waals surface area contributed by atoms with E-state index in [9.17, 15) is 22.8 Å². The third-order valence-corrected chi connectivity index (χ3v) is 5.70. The molecular formula is C16H19ClN2O6S. The lowest BCUT2D eigenvalue weighted by Gasteiger charge is -2.28. The van der Waals surface area contributed by atoms with Crippen LogP contribution in [0.25, 0.3) is 0 Å². The summed E-state index contributed by atoms with van der Waals surface area (Å²) < 4.78 is 23.4. The molecule has 142 valence electrons. The third-order valence-electron chi connectivity index (χ3n) is 4.32. The molecule has 0 radical (unpaired) electrons. The topological polar surface area (TPSA) is 135 Å². The van der Waals surface area contributed by atoms with Crippen LogP contribution in [0.5, 0.6) is 0 Å². The van der Waals surface area contributed by atoms with Crippen molar-refractivity contribution in [1.82, 2.24) is 4.90 Å². The molecule has 0 aliphatic heterocycles. The maximum atomic E-state index is 13.0. The van der Waals surface area contributed by atoms with Gasteiger partial charge in [-0.05, 0) is 31.9 Å². The van der Waals surface area contributed by atoms with Gasteiger partial charge in [0.15, 0.2) is 5.78 Å². The number of halogens is 1. The molecule has 0 saturated heterocycles. The number of aliphatic carboxylic acids is 1. The van der Waals surface area contributed by atoms with Gasteiger partial charge in [-0.25, -0.2) is 13.6 Å². The Kier molecular flexibility index (Phi) is 6.05. The largest absolute Gasteiger partial charge is 0.480 e. The first-order chi connectivity index (χ1) is 12.0. The second-order valence-electron chi connectivity index (χ2n) is 6.19. The second kappa shape index (κ2) is 7.73. The Labute approximate surface area is 156 Å². The number of primary sulfonamides is 1. The summed E-state index contributed by atoms with van der Waals surface area (Å²) in [4.78, 5) is 36.8. The molecule has 3 N–H and O–H groups in total. The van der Waals surface area contributed by atoms with Crippen molar-refractivity contribution >= 4 is 39.3 Å². The van der Waals surface area contributed by atoms with Gasteiger partial charge in [0.05, 0.1) is 10.6 Å². The molecule has 0 spiro atoms. The zero-order valence-corrected chi connectivity index (χ0v) is 15.6. The average molecular weight is 403 g/mol. The van der Waals surface area contributed by atoms with Crippen molar-refractivity contribution in [1.29, 1.82) is 0 Å². The summed E-state index contributed by atoms with van der Waals surface area (Å²) in [6.07, 6.45) is 3.00. The molecule has 1 amide bonds. The molecule has 0 unspecified atom stereocenters. The Bertz CT molecular complexity index is 862. The van der Waals surface area contributed by atoms with Crippen molar-refractivity contribution in [2.45, 2.75) is 43.5 Å². The molecule has 0 heterocycles. The van der Waals surface area contributed by atoms with Gasteiger partial charge in [0.1, 0.15) is 11.4 Å². The Morgan fingerprint density at radius 2 is 1.81 bits per heavy atom. The molecule has 26 heavy (non-hydrogen) atoms. The number of rotatable bonds is 6. The molecule has 1 saturated carbocycles. The fraction of sp³-hybridized carbons (Fsp3) is 0.438. The first-order valence-electron chi connectivity index (χ1n) is 7.92. The maximum Gasteiger partial charge on any atom is 0.323 e. The van der Waals surface area contributed by atoms with Gasteiger partial charge in [0.2, 0.25) is 10.0 Å². The Morgan fingerprint density at radius 3 is 2.27 bits per heavy atom. The average Bonchev–Trinajstić information content (AvgIpc) is 3.04. The molecule has 1 aromatic rings. The number of nitrogens with zero attached hydrogens (tertiary/aromatic N) is 1. The molecule has 0 aromatic heterocycles. The number of sulfonamides is 1. The smallest absolute Gasteiger partial charge is 0.323 e. The molecule has 0 atom stereocenters. The van der Waals surface area contributed by atoms with Crippen LogP contribution in [0.2, 0.25) is 5.02 Å². The highest BCUT2D eigenvalue weighted by Gasteiger charge is 2.32. The van der Waals surface area contributed by atoms with E-state index < -0.39 is 39.1 Å². The third kappa shape index (κ3) is 4.40. The minimum atomic E-state index is -4.23. The number of hydrogen-bond donors (Lipinski definition) is 2. The lowest BCUT2D eigenvalue weighted by molar-refractivity contribution is -0.138. The van der Waals surface area contributed by atoms with E-state index in [0.29, 0.717) is 12.8 Å². The number of hydrogen-bond acceptors (Lipinski definition) is 5. The van der Waals surface area contributed by atoms with Gasteiger partial charge < -0.3 is 10.0 Å². The van der Waals surface area contributed by atoms with E-state index in [-0.39, 0.29) is 22.2 Å². The van der Waals surface area contributed by atoms with E-state index in [1.807, 2.05) is 0 Å². The first-order valence-corrected chi connectivity index (χ1v) is 9.85. The number of benzene rings is 1. The number of carboxylic acids is 1. The number of nitrogens with two attached hydrogens (primary N) is 1. The van der Waals surface area contributed by atoms with Crippen LogP contribution in [0.15, 0.2) is 17.0 Å². The Morgan fingerprint density at radius 1 is 1.23 bits per heavy atom. The standard InChI is InChI=1S/C16H19ClN2O6S/c1-9(20)11-6-13(17)14(26(18,24)25)7-12(11)16(23)19(8-15(21)22)10-4-2-3-5-10/h6-7,10H,2-5,8H2,1H3,(H,21,22)(H2,18,24,25). The summed E-state index contributed by atoms with van der Waals surface area (Å²) in [7, 11) is -4.23. The van der Waals surface area contributed by atoms with Crippen LogP contribution < -0.4 is 5.14 Å². The lowest BCUT2D eigenvalue weighted by atomic mass is 10.0. The highest BCUT2D eigenvalue weighted by molar-refractivity contribution is 7.89. The SMILES string of the molecule is CC(=O)c1cc(Cl)c(S(N)(=O)=O)cc1C(=O)N(CC(=O)O)C1CCCC1. The summed E-state index contributed by atoms with van der Waals surface area (Å²) in [6.45, 7) is 0.657.